The van der Waals surface area contributed by atoms with Crippen LogP contribution in [0.25, 0.3) is 16.5 Å². The van der Waals surface area contributed by atoms with Crippen molar-refractivity contribution in [3.05, 3.63) is 107 Å². The monoisotopic (exact) mass is 423 g/mol. The molecule has 5 rings (SSSR count). The van der Waals surface area contributed by atoms with Gasteiger partial charge in [0.05, 0.1) is 11.8 Å². The van der Waals surface area contributed by atoms with Crippen LogP contribution in [0.2, 0.25) is 0 Å². The molecule has 1 aromatic heterocycles. The van der Waals surface area contributed by atoms with Crippen LogP contribution in [0, 0.1) is 13.8 Å². The number of nitrogens with zero attached hydrogens (tertiary/aromatic N) is 1. The van der Waals surface area contributed by atoms with Gasteiger partial charge in [0.1, 0.15) is 17.6 Å². The zero-order chi connectivity index (χ0) is 22.4. The summed E-state index contributed by atoms with van der Waals surface area (Å²) in [7, 11) is 0. The van der Waals surface area contributed by atoms with Crippen molar-refractivity contribution >= 4 is 33.9 Å². The molecule has 5 nitrogen and oxygen atoms in total. The highest BCUT2D eigenvalue weighted by Crippen LogP contribution is 2.44. The lowest BCUT2D eigenvalue weighted by molar-refractivity contribution is -0.132. The summed E-state index contributed by atoms with van der Waals surface area (Å²) in [6.45, 7) is 3.86. The molecule has 1 aliphatic rings. The first kappa shape index (κ1) is 19.8. The summed E-state index contributed by atoms with van der Waals surface area (Å²) >= 11 is 0. The fourth-order valence-corrected chi connectivity index (χ4v) is 4.37. The predicted molar refractivity (Wildman–Crippen MR) is 123 cm³/mol. The van der Waals surface area contributed by atoms with Gasteiger partial charge in [0.15, 0.2) is 0 Å². The third kappa shape index (κ3) is 2.94. The standard InChI is InChI=1S/C27H21NO4/c1-16-8-5-13-21(17(16)2)28-24(22-14-7-15-32-22)23(26(30)27(28)31)25(29)20-12-6-10-18-9-3-4-11-19(18)20/h3-15,24,29H,1-2H3/b25-23-. The molecule has 0 saturated carbocycles. The number of carbonyl (C=O) groups is 2. The Morgan fingerprint density at radius 1 is 0.906 bits per heavy atom. The minimum absolute atomic E-state index is 0.0159. The maximum Gasteiger partial charge on any atom is 0.300 e. The first-order chi connectivity index (χ1) is 15.5. The Morgan fingerprint density at radius 3 is 2.44 bits per heavy atom. The molecular weight excluding hydrogens is 402 g/mol. The van der Waals surface area contributed by atoms with E-state index in [0.717, 1.165) is 21.9 Å². The minimum atomic E-state index is -0.871. The van der Waals surface area contributed by atoms with Gasteiger partial charge in [0.2, 0.25) is 0 Å². The van der Waals surface area contributed by atoms with Crippen LogP contribution in [0.4, 0.5) is 5.69 Å². The molecule has 0 aliphatic carbocycles. The summed E-state index contributed by atoms with van der Waals surface area (Å²) < 4.78 is 5.65. The molecule has 158 valence electrons. The zero-order valence-corrected chi connectivity index (χ0v) is 17.7. The topological polar surface area (TPSA) is 70.8 Å². The number of aryl methyl sites for hydroxylation is 1. The number of rotatable bonds is 3. The summed E-state index contributed by atoms with van der Waals surface area (Å²) in [6.07, 6.45) is 1.50. The van der Waals surface area contributed by atoms with Gasteiger partial charge in [-0.25, -0.2) is 0 Å². The molecule has 0 spiro atoms. The quantitative estimate of drug-likeness (QED) is 0.262. The van der Waals surface area contributed by atoms with Crippen LogP contribution in [0.5, 0.6) is 0 Å². The number of furan rings is 1. The lowest BCUT2D eigenvalue weighted by Gasteiger charge is -2.25. The molecular formula is C27H21NO4. The summed E-state index contributed by atoms with van der Waals surface area (Å²) in [5.41, 5.74) is 3.01. The molecule has 1 atom stereocenters. The van der Waals surface area contributed by atoms with E-state index in [2.05, 4.69) is 0 Å². The number of fused-ring (bicyclic) bond motifs is 1. The molecule has 1 unspecified atom stereocenters. The third-order valence-corrected chi connectivity index (χ3v) is 6.14. The average Bonchev–Trinajstić information content (AvgIpc) is 3.42. The van der Waals surface area contributed by atoms with Crippen molar-refractivity contribution in [3.63, 3.8) is 0 Å². The van der Waals surface area contributed by atoms with E-state index < -0.39 is 17.7 Å². The average molecular weight is 423 g/mol. The van der Waals surface area contributed by atoms with Crippen LogP contribution in [0.15, 0.2) is 89.0 Å². The SMILES string of the molecule is Cc1cccc(N2C(=O)C(=O)/C(=C(\O)c3cccc4ccccc34)C2c2ccco2)c1C. The largest absolute Gasteiger partial charge is 0.507 e. The smallest absolute Gasteiger partial charge is 0.300 e. The van der Waals surface area contributed by atoms with E-state index in [0.29, 0.717) is 17.0 Å². The lowest BCUT2D eigenvalue weighted by atomic mass is 9.95. The summed E-state index contributed by atoms with van der Waals surface area (Å²) in [6, 6.07) is 21.3. The van der Waals surface area contributed by atoms with E-state index >= 15 is 0 Å². The number of benzene rings is 3. The molecule has 1 amide bonds. The minimum Gasteiger partial charge on any atom is -0.507 e. The number of amides is 1. The van der Waals surface area contributed by atoms with Crippen molar-refractivity contribution in [2.24, 2.45) is 0 Å². The van der Waals surface area contributed by atoms with Gasteiger partial charge in [0.25, 0.3) is 11.7 Å². The highest BCUT2D eigenvalue weighted by molar-refractivity contribution is 6.51. The van der Waals surface area contributed by atoms with Crippen LogP contribution in [0.3, 0.4) is 0 Å². The van der Waals surface area contributed by atoms with Crippen LogP contribution in [0.1, 0.15) is 28.5 Å². The molecule has 4 aromatic rings. The second-order valence-electron chi connectivity index (χ2n) is 7.93. The van der Waals surface area contributed by atoms with E-state index in [1.807, 2.05) is 62.4 Å². The molecule has 0 bridgehead atoms. The molecule has 32 heavy (non-hydrogen) atoms. The number of aliphatic hydroxyl groups excluding tert-OH is 1. The molecule has 1 aliphatic heterocycles. The molecule has 5 heteroatoms. The highest BCUT2D eigenvalue weighted by Gasteiger charge is 2.48. The van der Waals surface area contributed by atoms with Crippen molar-refractivity contribution in [2.75, 3.05) is 4.90 Å². The van der Waals surface area contributed by atoms with Crippen molar-refractivity contribution in [2.45, 2.75) is 19.9 Å². The first-order valence-corrected chi connectivity index (χ1v) is 10.4. The van der Waals surface area contributed by atoms with E-state index in [1.54, 1.807) is 24.3 Å². The van der Waals surface area contributed by atoms with Gasteiger partial charge in [-0.15, -0.1) is 0 Å². The van der Waals surface area contributed by atoms with E-state index in [1.165, 1.54) is 11.2 Å². The van der Waals surface area contributed by atoms with Crippen molar-refractivity contribution in [1.29, 1.82) is 0 Å². The molecule has 0 radical (unpaired) electrons. The van der Waals surface area contributed by atoms with Crippen LogP contribution >= 0.6 is 0 Å². The van der Waals surface area contributed by atoms with Crippen LogP contribution in [-0.4, -0.2) is 16.8 Å². The van der Waals surface area contributed by atoms with Gasteiger partial charge in [-0.2, -0.15) is 0 Å². The van der Waals surface area contributed by atoms with Crippen LogP contribution in [-0.2, 0) is 9.59 Å². The number of hydrogen-bond donors (Lipinski definition) is 1. The Labute approximate surface area is 185 Å². The molecule has 1 N–H and O–H groups in total. The summed E-state index contributed by atoms with van der Waals surface area (Å²) in [5.74, 6) is -1.24. The second-order valence-corrected chi connectivity index (χ2v) is 7.93. The van der Waals surface area contributed by atoms with Gasteiger partial charge in [0, 0.05) is 11.3 Å². The first-order valence-electron chi connectivity index (χ1n) is 10.4. The summed E-state index contributed by atoms with van der Waals surface area (Å²) in [4.78, 5) is 28.0. The Balaban J connectivity index is 1.79. The molecule has 1 fully saturated rings. The van der Waals surface area contributed by atoms with Gasteiger partial charge >= 0.3 is 0 Å². The third-order valence-electron chi connectivity index (χ3n) is 6.14. The number of carbonyl (C=O) groups excluding carboxylic acids is 2. The Hall–Kier alpha value is -4.12. The van der Waals surface area contributed by atoms with Crippen molar-refractivity contribution in [1.82, 2.24) is 0 Å². The normalized spacial score (nSPS) is 17.9. The van der Waals surface area contributed by atoms with E-state index in [4.69, 9.17) is 4.42 Å². The van der Waals surface area contributed by atoms with Crippen molar-refractivity contribution in [3.8, 4) is 0 Å². The fourth-order valence-electron chi connectivity index (χ4n) is 4.37. The molecule has 3 aromatic carbocycles. The van der Waals surface area contributed by atoms with Crippen LogP contribution < -0.4 is 4.90 Å². The van der Waals surface area contributed by atoms with Gasteiger partial charge in [-0.3, -0.25) is 14.5 Å². The number of aliphatic hydroxyl groups is 1. The fraction of sp³-hybridized carbons (Fsp3) is 0.111. The lowest BCUT2D eigenvalue weighted by Crippen LogP contribution is -2.30. The Bertz CT molecular complexity index is 1390. The number of Topliss-reactive ketones (excluding diaryl/α,β-unsaturated/α-hetero) is 1. The van der Waals surface area contributed by atoms with Crippen molar-refractivity contribution < 1.29 is 19.1 Å². The highest BCUT2D eigenvalue weighted by atomic mass is 16.3. The Kier molecular flexibility index (Phi) is 4.67. The summed E-state index contributed by atoms with van der Waals surface area (Å²) in [5, 5.41) is 13.1. The molecule has 1 saturated heterocycles. The van der Waals surface area contributed by atoms with Gasteiger partial charge in [-0.05, 0) is 53.9 Å². The Morgan fingerprint density at radius 2 is 1.66 bits per heavy atom. The number of ketones is 1. The number of anilines is 1. The number of hydrogen-bond acceptors (Lipinski definition) is 4. The van der Waals surface area contributed by atoms with E-state index in [-0.39, 0.29) is 11.3 Å². The van der Waals surface area contributed by atoms with Gasteiger partial charge in [-0.1, -0.05) is 54.6 Å². The molecule has 2 heterocycles. The maximum atomic E-state index is 13.3. The maximum absolute atomic E-state index is 13.3. The zero-order valence-electron chi connectivity index (χ0n) is 17.7. The van der Waals surface area contributed by atoms with Gasteiger partial charge < -0.3 is 9.52 Å². The predicted octanol–water partition coefficient (Wildman–Crippen LogP) is 5.68. The van der Waals surface area contributed by atoms with E-state index in [9.17, 15) is 14.7 Å². The second kappa shape index (κ2) is 7.54.